The van der Waals surface area contributed by atoms with Gasteiger partial charge in [-0.15, -0.1) is 11.8 Å². The van der Waals surface area contributed by atoms with E-state index in [1.165, 1.54) is 5.56 Å². The summed E-state index contributed by atoms with van der Waals surface area (Å²) >= 11 is 1.70. The first-order chi connectivity index (χ1) is 18.3. The molecule has 37 heavy (non-hydrogen) atoms. The van der Waals surface area contributed by atoms with Crippen LogP contribution < -0.4 is 22.0 Å². The maximum Gasteiger partial charge on any atom is 0.232 e. The molecule has 5 N–H and O–H groups in total. The standard InChI is InChI=1S/C30H28N6S/c31-25-18-10-11-19-27(25)37-26(22-12-4-1-5-13-22)20-21-32-35-30-33-28(23-14-6-2-7-15-23)29(34-36-30)24-16-8-3-9-17-24/h1-21,26,28,32H,31H2,(H2,33,35,36)/b21-20-/t26-,28-/m0/s1. The number of nitrogens with one attached hydrogen (secondary N) is 3. The Morgan fingerprint density at radius 3 is 2.19 bits per heavy atom. The summed E-state index contributed by atoms with van der Waals surface area (Å²) in [7, 11) is 0. The van der Waals surface area contributed by atoms with Crippen molar-refractivity contribution < 1.29 is 0 Å². The number of aliphatic imine (C=N–C) groups is 1. The number of para-hydroxylation sites is 1. The van der Waals surface area contributed by atoms with Gasteiger partial charge in [0.15, 0.2) is 0 Å². The van der Waals surface area contributed by atoms with Gasteiger partial charge in [0.2, 0.25) is 5.96 Å². The van der Waals surface area contributed by atoms with Gasteiger partial charge in [0.1, 0.15) is 6.04 Å². The monoisotopic (exact) mass is 504 g/mol. The van der Waals surface area contributed by atoms with E-state index in [0.29, 0.717) is 5.96 Å². The summed E-state index contributed by atoms with van der Waals surface area (Å²) in [6.07, 6.45) is 3.97. The molecule has 1 heterocycles. The molecule has 7 heteroatoms. The number of rotatable bonds is 8. The SMILES string of the molecule is Nc1ccccc1S[C@@H](/C=C\NNC1=N[C@@H](c2ccccc2)C(c2ccccc2)=NN1)c1ccccc1. The van der Waals surface area contributed by atoms with Crippen LogP contribution in [-0.2, 0) is 0 Å². The van der Waals surface area contributed by atoms with E-state index < -0.39 is 0 Å². The lowest BCUT2D eigenvalue weighted by molar-refractivity contribution is 0.735. The lowest BCUT2D eigenvalue weighted by Crippen LogP contribution is -2.44. The second-order valence-electron chi connectivity index (χ2n) is 8.38. The number of hydrogen-bond donors (Lipinski definition) is 4. The molecule has 6 nitrogen and oxygen atoms in total. The molecule has 0 radical (unpaired) electrons. The van der Waals surface area contributed by atoms with Crippen LogP contribution in [0.15, 0.2) is 143 Å². The summed E-state index contributed by atoms with van der Waals surface area (Å²) in [4.78, 5) is 5.95. The quantitative estimate of drug-likeness (QED) is 0.138. The molecular formula is C30H28N6S. The molecule has 0 amide bonds. The molecule has 0 aromatic heterocycles. The fourth-order valence-electron chi connectivity index (χ4n) is 3.98. The van der Waals surface area contributed by atoms with Crippen LogP contribution in [0.1, 0.15) is 28.0 Å². The predicted molar refractivity (Wildman–Crippen MR) is 154 cm³/mol. The zero-order valence-electron chi connectivity index (χ0n) is 20.2. The van der Waals surface area contributed by atoms with Crippen LogP contribution in [0, 0.1) is 0 Å². The molecule has 4 aromatic carbocycles. The van der Waals surface area contributed by atoms with E-state index in [4.69, 9.17) is 10.7 Å². The number of thioether (sulfide) groups is 1. The Labute approximate surface area is 221 Å². The summed E-state index contributed by atoms with van der Waals surface area (Å²) in [5, 5.41) is 4.73. The third kappa shape index (κ3) is 6.20. The van der Waals surface area contributed by atoms with Crippen molar-refractivity contribution in [1.29, 1.82) is 0 Å². The molecule has 0 saturated heterocycles. The van der Waals surface area contributed by atoms with Gasteiger partial charge in [-0.05, 0) is 29.3 Å². The molecule has 0 saturated carbocycles. The van der Waals surface area contributed by atoms with E-state index in [0.717, 1.165) is 27.4 Å². The Kier molecular flexibility index (Phi) is 7.83. The van der Waals surface area contributed by atoms with Gasteiger partial charge >= 0.3 is 0 Å². The van der Waals surface area contributed by atoms with Crippen LogP contribution in [0.2, 0.25) is 0 Å². The number of nitrogens with zero attached hydrogens (tertiary/aromatic N) is 2. The maximum absolute atomic E-state index is 6.20. The maximum atomic E-state index is 6.20. The lowest BCUT2D eigenvalue weighted by Gasteiger charge is -2.23. The van der Waals surface area contributed by atoms with Crippen LogP contribution >= 0.6 is 11.8 Å². The molecule has 0 fully saturated rings. The van der Waals surface area contributed by atoms with Crippen LogP contribution in [0.3, 0.4) is 0 Å². The van der Waals surface area contributed by atoms with Crippen molar-refractivity contribution in [3.05, 3.63) is 144 Å². The van der Waals surface area contributed by atoms with Gasteiger partial charge < -0.3 is 11.2 Å². The van der Waals surface area contributed by atoms with E-state index >= 15 is 0 Å². The van der Waals surface area contributed by atoms with Crippen LogP contribution in [0.25, 0.3) is 0 Å². The zero-order chi connectivity index (χ0) is 25.3. The first-order valence-corrected chi connectivity index (χ1v) is 12.9. The van der Waals surface area contributed by atoms with Crippen molar-refractivity contribution >= 4 is 29.1 Å². The Balaban J connectivity index is 1.30. The van der Waals surface area contributed by atoms with Gasteiger partial charge in [-0.2, -0.15) is 5.10 Å². The summed E-state index contributed by atoms with van der Waals surface area (Å²) in [6, 6.07) is 38.3. The highest BCUT2D eigenvalue weighted by Crippen LogP contribution is 2.38. The van der Waals surface area contributed by atoms with Crippen molar-refractivity contribution in [1.82, 2.24) is 16.3 Å². The van der Waals surface area contributed by atoms with Gasteiger partial charge in [-0.3, -0.25) is 5.43 Å². The average Bonchev–Trinajstić information content (AvgIpc) is 2.97. The number of nitrogens with two attached hydrogens (primary N) is 1. The number of guanidine groups is 1. The van der Waals surface area contributed by atoms with Crippen molar-refractivity contribution in [2.75, 3.05) is 5.73 Å². The molecule has 4 aromatic rings. The van der Waals surface area contributed by atoms with Gasteiger partial charge in [0.05, 0.1) is 11.0 Å². The highest BCUT2D eigenvalue weighted by Gasteiger charge is 2.23. The average molecular weight is 505 g/mol. The van der Waals surface area contributed by atoms with E-state index in [2.05, 4.69) is 51.7 Å². The minimum absolute atomic E-state index is 0.0706. The summed E-state index contributed by atoms with van der Waals surface area (Å²) in [5.74, 6) is 0.536. The minimum atomic E-state index is -0.230. The van der Waals surface area contributed by atoms with Crippen molar-refractivity contribution in [2.24, 2.45) is 10.1 Å². The highest BCUT2D eigenvalue weighted by molar-refractivity contribution is 7.99. The fraction of sp³-hybridized carbons (Fsp3) is 0.0667. The molecular weight excluding hydrogens is 476 g/mol. The van der Waals surface area contributed by atoms with E-state index in [1.54, 1.807) is 11.8 Å². The second kappa shape index (κ2) is 12.0. The third-order valence-corrected chi connectivity index (χ3v) is 7.14. The van der Waals surface area contributed by atoms with Crippen molar-refractivity contribution in [2.45, 2.75) is 16.2 Å². The number of anilines is 1. The number of benzene rings is 4. The Bertz CT molecular complexity index is 1390. The smallest absolute Gasteiger partial charge is 0.232 e. The third-order valence-electron chi connectivity index (χ3n) is 5.83. The van der Waals surface area contributed by atoms with E-state index in [1.807, 2.05) is 97.2 Å². The van der Waals surface area contributed by atoms with Crippen LogP contribution in [0.4, 0.5) is 5.69 Å². The van der Waals surface area contributed by atoms with E-state index in [-0.39, 0.29) is 11.3 Å². The zero-order valence-corrected chi connectivity index (χ0v) is 21.0. The normalized spacial score (nSPS) is 15.8. The van der Waals surface area contributed by atoms with Gasteiger partial charge in [0.25, 0.3) is 0 Å². The summed E-state index contributed by atoms with van der Waals surface area (Å²) in [6.45, 7) is 0. The number of hydrazone groups is 1. The largest absolute Gasteiger partial charge is 0.398 e. The molecule has 0 unspecified atom stereocenters. The van der Waals surface area contributed by atoms with E-state index in [9.17, 15) is 0 Å². The highest BCUT2D eigenvalue weighted by atomic mass is 32.2. The molecule has 1 aliphatic rings. The predicted octanol–water partition coefficient (Wildman–Crippen LogP) is 5.81. The molecule has 0 bridgehead atoms. The molecule has 2 atom stereocenters. The number of nitrogen functional groups attached to an aromatic ring is 1. The fourth-order valence-corrected chi connectivity index (χ4v) is 5.07. The first-order valence-electron chi connectivity index (χ1n) is 12.0. The number of hydrazine groups is 1. The Morgan fingerprint density at radius 2 is 1.46 bits per heavy atom. The van der Waals surface area contributed by atoms with Crippen molar-refractivity contribution in [3.63, 3.8) is 0 Å². The van der Waals surface area contributed by atoms with Gasteiger partial charge in [-0.1, -0.05) is 103 Å². The molecule has 1 aliphatic heterocycles. The first kappa shape index (κ1) is 24.2. The van der Waals surface area contributed by atoms with Crippen LogP contribution in [0.5, 0.6) is 0 Å². The molecule has 5 rings (SSSR count). The number of hydrogen-bond acceptors (Lipinski definition) is 7. The minimum Gasteiger partial charge on any atom is -0.398 e. The molecule has 0 spiro atoms. The Morgan fingerprint density at radius 1 is 0.811 bits per heavy atom. The lowest BCUT2D eigenvalue weighted by atomic mass is 9.97. The molecule has 184 valence electrons. The van der Waals surface area contributed by atoms with Crippen molar-refractivity contribution in [3.8, 4) is 0 Å². The van der Waals surface area contributed by atoms with Crippen LogP contribution in [-0.4, -0.2) is 11.7 Å². The summed E-state index contributed by atoms with van der Waals surface area (Å²) < 4.78 is 0. The van der Waals surface area contributed by atoms with Gasteiger partial charge in [-0.25, -0.2) is 10.4 Å². The summed E-state index contributed by atoms with van der Waals surface area (Å²) in [5.41, 5.74) is 20.5. The topological polar surface area (TPSA) is 86.8 Å². The molecule has 0 aliphatic carbocycles. The Hall–Kier alpha value is -4.49. The second-order valence-corrected chi connectivity index (χ2v) is 9.56. The van der Waals surface area contributed by atoms with Gasteiger partial charge in [0, 0.05) is 22.3 Å².